The van der Waals surface area contributed by atoms with E-state index in [1.807, 2.05) is 0 Å². The van der Waals surface area contributed by atoms with E-state index >= 15 is 0 Å². The number of rotatable bonds is 5. The molecule has 1 aromatic rings. The Bertz CT molecular complexity index is 441. The van der Waals surface area contributed by atoms with Crippen molar-refractivity contribution >= 4 is 17.6 Å². The molecule has 0 saturated heterocycles. The fourth-order valence-corrected chi connectivity index (χ4v) is 1.74. The zero-order valence-corrected chi connectivity index (χ0v) is 9.75. The van der Waals surface area contributed by atoms with Crippen LogP contribution in [0.5, 0.6) is 0 Å². The number of halogens is 2. The fourth-order valence-electron chi connectivity index (χ4n) is 1.61. The number of alkyl halides is 1. The lowest BCUT2D eigenvalue weighted by Crippen LogP contribution is -2.34. The van der Waals surface area contributed by atoms with Crippen LogP contribution in [0.2, 0.25) is 0 Å². The summed E-state index contributed by atoms with van der Waals surface area (Å²) in [6, 6.07) is 6.73. The highest BCUT2D eigenvalue weighted by molar-refractivity contribution is 6.17. The summed E-state index contributed by atoms with van der Waals surface area (Å²) in [7, 11) is 0. The second-order valence-corrected chi connectivity index (χ2v) is 4.00. The van der Waals surface area contributed by atoms with Crippen LogP contribution in [0.15, 0.2) is 24.3 Å². The number of carbonyl (C=O) groups is 1. The van der Waals surface area contributed by atoms with E-state index in [9.17, 15) is 14.3 Å². The normalized spacial score (nSPS) is 13.7. The van der Waals surface area contributed by atoms with Crippen LogP contribution in [0.4, 0.5) is 4.39 Å². The van der Waals surface area contributed by atoms with Gasteiger partial charge in [-0.15, -0.1) is 11.6 Å². The predicted molar refractivity (Wildman–Crippen MR) is 61.3 cm³/mol. The molecule has 0 fully saturated rings. The minimum atomic E-state index is -1.65. The molecule has 0 aliphatic heterocycles. The van der Waals surface area contributed by atoms with Crippen LogP contribution >= 0.6 is 11.6 Å². The largest absolute Gasteiger partial charge is 0.480 e. The van der Waals surface area contributed by atoms with Crippen molar-refractivity contribution in [3.8, 4) is 6.07 Å². The Morgan fingerprint density at radius 1 is 1.47 bits per heavy atom. The summed E-state index contributed by atoms with van der Waals surface area (Å²) in [5.41, 5.74) is -1.37. The summed E-state index contributed by atoms with van der Waals surface area (Å²) in [6.45, 7) is 0. The molecule has 17 heavy (non-hydrogen) atoms. The molecule has 1 N–H and O–H groups in total. The number of aliphatic carboxylic acids is 1. The molecule has 0 bridgehead atoms. The van der Waals surface area contributed by atoms with E-state index in [0.717, 1.165) is 12.1 Å². The first-order valence-corrected chi connectivity index (χ1v) is 5.57. The molecule has 0 saturated carbocycles. The lowest BCUT2D eigenvalue weighted by atomic mass is 9.78. The summed E-state index contributed by atoms with van der Waals surface area (Å²) in [6.07, 6.45) is 0.507. The Morgan fingerprint density at radius 3 is 2.47 bits per heavy atom. The Kier molecular flexibility index (Phi) is 4.47. The summed E-state index contributed by atoms with van der Waals surface area (Å²) >= 11 is 5.52. The first kappa shape index (κ1) is 13.5. The Balaban J connectivity index is 3.18. The van der Waals surface area contributed by atoms with Gasteiger partial charge in [-0.2, -0.15) is 5.26 Å². The van der Waals surface area contributed by atoms with Crippen LogP contribution in [0.3, 0.4) is 0 Å². The summed E-state index contributed by atoms with van der Waals surface area (Å²) in [5, 5.41) is 18.3. The molecule has 0 radical (unpaired) electrons. The van der Waals surface area contributed by atoms with E-state index in [0.29, 0.717) is 6.42 Å². The minimum Gasteiger partial charge on any atom is -0.480 e. The van der Waals surface area contributed by atoms with E-state index in [1.54, 1.807) is 6.07 Å². The van der Waals surface area contributed by atoms with Gasteiger partial charge in [-0.25, -0.2) is 4.39 Å². The molecule has 1 aromatic carbocycles. The standard InChI is InChI=1S/C12H11ClFNO2/c13-7-1-6-12(8-15,11(16)17)9-2-4-10(14)5-3-9/h2-5H,1,6-7H2,(H,16,17). The molecule has 0 aliphatic rings. The summed E-state index contributed by atoms with van der Waals surface area (Å²) in [4.78, 5) is 11.3. The predicted octanol–water partition coefficient (Wildman–Crippen LogP) is 2.69. The molecule has 1 atom stereocenters. The smallest absolute Gasteiger partial charge is 0.328 e. The van der Waals surface area contributed by atoms with E-state index in [-0.39, 0.29) is 17.9 Å². The number of hydrogen-bond donors (Lipinski definition) is 1. The SMILES string of the molecule is N#CC(CCCCl)(C(=O)O)c1ccc(F)cc1. The van der Waals surface area contributed by atoms with E-state index in [2.05, 4.69) is 0 Å². The minimum absolute atomic E-state index is 0.105. The molecule has 0 aliphatic carbocycles. The number of benzene rings is 1. The van der Waals surface area contributed by atoms with Gasteiger partial charge in [0.25, 0.3) is 0 Å². The zero-order chi connectivity index (χ0) is 12.9. The van der Waals surface area contributed by atoms with Crippen LogP contribution < -0.4 is 0 Å². The van der Waals surface area contributed by atoms with Gasteiger partial charge in [0.1, 0.15) is 5.82 Å². The van der Waals surface area contributed by atoms with Crippen LogP contribution in [0.25, 0.3) is 0 Å². The van der Waals surface area contributed by atoms with Gasteiger partial charge in [0.15, 0.2) is 5.41 Å². The maximum absolute atomic E-state index is 12.8. The van der Waals surface area contributed by atoms with Gasteiger partial charge >= 0.3 is 5.97 Å². The molecular formula is C12H11ClFNO2. The Morgan fingerprint density at radius 2 is 2.06 bits per heavy atom. The molecule has 0 aromatic heterocycles. The average molecular weight is 256 g/mol. The van der Waals surface area contributed by atoms with Crippen molar-refractivity contribution in [2.24, 2.45) is 0 Å². The van der Waals surface area contributed by atoms with Crippen LogP contribution in [0, 0.1) is 17.1 Å². The molecule has 0 amide bonds. The van der Waals surface area contributed by atoms with Crippen molar-refractivity contribution in [1.82, 2.24) is 0 Å². The Labute approximate surface area is 103 Å². The van der Waals surface area contributed by atoms with Gasteiger partial charge in [0.2, 0.25) is 0 Å². The maximum Gasteiger partial charge on any atom is 0.328 e. The topological polar surface area (TPSA) is 61.1 Å². The third kappa shape index (κ3) is 2.75. The van der Waals surface area contributed by atoms with Crippen LogP contribution in [-0.2, 0) is 10.2 Å². The maximum atomic E-state index is 12.8. The molecule has 0 heterocycles. The molecule has 90 valence electrons. The number of carboxylic acid groups (broad SMARTS) is 1. The molecule has 3 nitrogen and oxygen atoms in total. The van der Waals surface area contributed by atoms with E-state index in [1.165, 1.54) is 12.1 Å². The second kappa shape index (κ2) is 5.65. The molecule has 0 spiro atoms. The highest BCUT2D eigenvalue weighted by atomic mass is 35.5. The third-order valence-corrected chi connectivity index (χ3v) is 2.85. The van der Waals surface area contributed by atoms with Crippen LogP contribution in [-0.4, -0.2) is 17.0 Å². The van der Waals surface area contributed by atoms with Gasteiger partial charge in [0, 0.05) is 5.88 Å². The van der Waals surface area contributed by atoms with Gasteiger partial charge in [-0.05, 0) is 30.5 Å². The summed E-state index contributed by atoms with van der Waals surface area (Å²) < 4.78 is 12.8. The van der Waals surface area contributed by atoms with Crippen molar-refractivity contribution in [2.45, 2.75) is 18.3 Å². The average Bonchev–Trinajstić information content (AvgIpc) is 2.32. The number of hydrogen-bond acceptors (Lipinski definition) is 2. The molecule has 1 unspecified atom stereocenters. The number of nitrogens with zero attached hydrogens (tertiary/aromatic N) is 1. The van der Waals surface area contributed by atoms with Gasteiger partial charge in [0.05, 0.1) is 6.07 Å². The van der Waals surface area contributed by atoms with Gasteiger partial charge in [-0.3, -0.25) is 4.79 Å². The van der Waals surface area contributed by atoms with Crippen molar-refractivity contribution in [1.29, 1.82) is 5.26 Å². The zero-order valence-electron chi connectivity index (χ0n) is 8.99. The third-order valence-electron chi connectivity index (χ3n) is 2.58. The lowest BCUT2D eigenvalue weighted by molar-refractivity contribution is -0.141. The number of nitriles is 1. The van der Waals surface area contributed by atoms with Crippen molar-refractivity contribution in [2.75, 3.05) is 5.88 Å². The van der Waals surface area contributed by atoms with Crippen molar-refractivity contribution in [3.63, 3.8) is 0 Å². The fraction of sp³-hybridized carbons (Fsp3) is 0.333. The van der Waals surface area contributed by atoms with Gasteiger partial charge in [-0.1, -0.05) is 12.1 Å². The monoisotopic (exact) mass is 255 g/mol. The first-order chi connectivity index (χ1) is 8.06. The Hall–Kier alpha value is -1.60. The molecular weight excluding hydrogens is 245 g/mol. The number of carboxylic acids is 1. The van der Waals surface area contributed by atoms with Crippen molar-refractivity contribution < 1.29 is 14.3 Å². The van der Waals surface area contributed by atoms with E-state index in [4.69, 9.17) is 16.9 Å². The summed E-state index contributed by atoms with van der Waals surface area (Å²) in [5.74, 6) is -1.43. The first-order valence-electron chi connectivity index (χ1n) is 5.03. The highest BCUT2D eigenvalue weighted by Gasteiger charge is 2.40. The van der Waals surface area contributed by atoms with Gasteiger partial charge < -0.3 is 5.11 Å². The van der Waals surface area contributed by atoms with Crippen LogP contribution in [0.1, 0.15) is 18.4 Å². The molecule has 5 heteroatoms. The molecule has 1 rings (SSSR count). The highest BCUT2D eigenvalue weighted by Crippen LogP contribution is 2.29. The van der Waals surface area contributed by atoms with Crippen molar-refractivity contribution in [3.05, 3.63) is 35.6 Å². The lowest BCUT2D eigenvalue weighted by Gasteiger charge is -2.21. The van der Waals surface area contributed by atoms with E-state index < -0.39 is 17.2 Å². The second-order valence-electron chi connectivity index (χ2n) is 3.62. The quantitative estimate of drug-likeness (QED) is 0.823.